The molecule has 1 saturated heterocycles. The monoisotopic (exact) mass is 443 g/mol. The number of para-hydroxylation sites is 2. The van der Waals surface area contributed by atoms with Gasteiger partial charge in [-0.25, -0.2) is 9.37 Å². The van der Waals surface area contributed by atoms with Crippen LogP contribution in [-0.4, -0.2) is 41.0 Å². The fraction of sp³-hybridized carbons (Fsp3) is 0.259. The first-order chi connectivity index (χ1) is 16.1. The highest BCUT2D eigenvalue weighted by atomic mass is 19.1. The number of likely N-dealkylation sites (tertiary alicyclic amines) is 1. The lowest BCUT2D eigenvalue weighted by Gasteiger charge is -2.32. The van der Waals surface area contributed by atoms with Gasteiger partial charge in [-0.15, -0.1) is 0 Å². The Kier molecular flexibility index (Phi) is 5.82. The molecule has 1 aliphatic rings. The topological polar surface area (TPSA) is 58.2 Å². The zero-order chi connectivity index (χ0) is 22.8. The second-order valence-electron chi connectivity index (χ2n) is 8.54. The van der Waals surface area contributed by atoms with Gasteiger partial charge in [-0.2, -0.15) is 0 Å². The summed E-state index contributed by atoms with van der Waals surface area (Å²) < 4.78 is 19.7. The number of imidazole rings is 1. The van der Waals surface area contributed by atoms with Gasteiger partial charge in [-0.3, -0.25) is 4.79 Å². The normalized spacial score (nSPS) is 14.5. The highest BCUT2D eigenvalue weighted by Crippen LogP contribution is 2.31. The molecular formula is C27H26FN3O2. The highest BCUT2D eigenvalue weighted by molar-refractivity contribution is 5.97. The van der Waals surface area contributed by atoms with Gasteiger partial charge < -0.3 is 14.6 Å². The number of fused-ring (bicyclic) bond motifs is 1. The zero-order valence-electron chi connectivity index (χ0n) is 18.6. The Morgan fingerprint density at radius 2 is 1.85 bits per heavy atom. The summed E-state index contributed by atoms with van der Waals surface area (Å²) in [6.07, 6.45) is 2.74. The van der Waals surface area contributed by atoms with E-state index in [4.69, 9.17) is 9.72 Å². The second kappa shape index (κ2) is 9.06. The van der Waals surface area contributed by atoms with E-state index in [2.05, 4.69) is 4.98 Å². The molecule has 1 aromatic heterocycles. The van der Waals surface area contributed by atoms with Gasteiger partial charge in [-0.05, 0) is 54.7 Å². The van der Waals surface area contributed by atoms with Crippen molar-refractivity contribution in [3.63, 3.8) is 0 Å². The third kappa shape index (κ3) is 4.33. The molecule has 4 aromatic rings. The fourth-order valence-electron chi connectivity index (χ4n) is 4.62. The van der Waals surface area contributed by atoms with Gasteiger partial charge >= 0.3 is 0 Å². The number of benzene rings is 3. The molecule has 0 bridgehead atoms. The summed E-state index contributed by atoms with van der Waals surface area (Å²) in [7, 11) is 1.54. The van der Waals surface area contributed by atoms with Gasteiger partial charge in [0.25, 0.3) is 5.91 Å². The third-order valence-electron chi connectivity index (χ3n) is 6.44. The van der Waals surface area contributed by atoms with Gasteiger partial charge in [0.05, 0.1) is 23.7 Å². The summed E-state index contributed by atoms with van der Waals surface area (Å²) in [5.74, 6) is 1.61. The Morgan fingerprint density at radius 1 is 1.09 bits per heavy atom. The molecule has 0 atom stereocenters. The molecule has 3 aromatic carbocycles. The number of aromatic nitrogens is 2. The highest BCUT2D eigenvalue weighted by Gasteiger charge is 2.26. The number of methoxy groups -OCH3 is 1. The number of hydrogen-bond donors (Lipinski definition) is 1. The zero-order valence-corrected chi connectivity index (χ0v) is 18.6. The summed E-state index contributed by atoms with van der Waals surface area (Å²) in [6.45, 7) is 1.39. The number of aromatic amines is 1. The van der Waals surface area contributed by atoms with E-state index in [-0.39, 0.29) is 11.7 Å². The van der Waals surface area contributed by atoms with Crippen LogP contribution in [0.2, 0.25) is 0 Å². The van der Waals surface area contributed by atoms with E-state index in [9.17, 15) is 9.18 Å². The summed E-state index contributed by atoms with van der Waals surface area (Å²) >= 11 is 0. The number of piperidine rings is 1. The van der Waals surface area contributed by atoms with Crippen molar-refractivity contribution in [2.45, 2.75) is 19.3 Å². The van der Waals surface area contributed by atoms with Crippen LogP contribution in [0.15, 0.2) is 66.7 Å². The molecule has 1 fully saturated rings. The van der Waals surface area contributed by atoms with Crippen LogP contribution in [0.3, 0.4) is 0 Å². The lowest BCUT2D eigenvalue weighted by atomic mass is 9.92. The average Bonchev–Trinajstić information content (AvgIpc) is 3.26. The number of amides is 1. The summed E-state index contributed by atoms with van der Waals surface area (Å²) in [6, 6.07) is 19.9. The molecule has 5 nitrogen and oxygen atoms in total. The molecule has 33 heavy (non-hydrogen) atoms. The molecule has 168 valence electrons. The maximum absolute atomic E-state index is 14.2. The van der Waals surface area contributed by atoms with Crippen molar-refractivity contribution in [3.05, 3.63) is 83.9 Å². The van der Waals surface area contributed by atoms with Crippen LogP contribution in [-0.2, 0) is 6.42 Å². The van der Waals surface area contributed by atoms with E-state index < -0.39 is 0 Å². The number of H-pyrrole nitrogens is 1. The first-order valence-corrected chi connectivity index (χ1v) is 11.3. The van der Waals surface area contributed by atoms with Gasteiger partial charge in [-0.1, -0.05) is 36.4 Å². The SMILES string of the molecule is COc1cc(-c2ccccc2F)ccc1C(=O)N1CCC(Cc2nc3ccccc3[nH]2)CC1. The Labute approximate surface area is 192 Å². The largest absolute Gasteiger partial charge is 0.496 e. The molecule has 0 radical (unpaired) electrons. The third-order valence-corrected chi connectivity index (χ3v) is 6.44. The Bertz CT molecular complexity index is 1260. The van der Waals surface area contributed by atoms with Gasteiger partial charge in [0.15, 0.2) is 0 Å². The number of ether oxygens (including phenoxy) is 1. The number of rotatable bonds is 5. The molecule has 0 spiro atoms. The number of nitrogens with one attached hydrogen (secondary N) is 1. The van der Waals surface area contributed by atoms with Gasteiger partial charge in [0, 0.05) is 25.1 Å². The quantitative estimate of drug-likeness (QED) is 0.445. The molecule has 1 N–H and O–H groups in total. The second-order valence-corrected chi connectivity index (χ2v) is 8.54. The lowest BCUT2D eigenvalue weighted by molar-refractivity contribution is 0.0686. The number of hydrogen-bond acceptors (Lipinski definition) is 3. The first kappa shape index (κ1) is 21.2. The number of nitrogens with zero attached hydrogens (tertiary/aromatic N) is 2. The van der Waals surface area contributed by atoms with Crippen molar-refractivity contribution in [2.75, 3.05) is 20.2 Å². The summed E-state index contributed by atoms with van der Waals surface area (Å²) in [4.78, 5) is 23.2. The minimum absolute atomic E-state index is 0.0471. The van der Waals surface area contributed by atoms with Crippen LogP contribution in [0.25, 0.3) is 22.2 Å². The van der Waals surface area contributed by atoms with E-state index >= 15 is 0 Å². The van der Waals surface area contributed by atoms with Crippen molar-refractivity contribution in [3.8, 4) is 16.9 Å². The van der Waals surface area contributed by atoms with Crippen molar-refractivity contribution in [1.82, 2.24) is 14.9 Å². The van der Waals surface area contributed by atoms with E-state index in [1.165, 1.54) is 13.2 Å². The van der Waals surface area contributed by atoms with Crippen LogP contribution < -0.4 is 4.74 Å². The van der Waals surface area contributed by atoms with Crippen LogP contribution in [0.4, 0.5) is 4.39 Å². The summed E-state index contributed by atoms with van der Waals surface area (Å²) in [5.41, 5.74) is 3.73. The summed E-state index contributed by atoms with van der Waals surface area (Å²) in [5, 5.41) is 0. The van der Waals surface area contributed by atoms with E-state index in [1.54, 1.807) is 36.4 Å². The molecule has 0 aliphatic carbocycles. The molecule has 2 heterocycles. The molecule has 6 heteroatoms. The number of carbonyl (C=O) groups is 1. The first-order valence-electron chi connectivity index (χ1n) is 11.3. The van der Waals surface area contributed by atoms with E-state index in [0.717, 1.165) is 36.1 Å². The van der Waals surface area contributed by atoms with Crippen molar-refractivity contribution in [1.29, 1.82) is 0 Å². The van der Waals surface area contributed by atoms with Crippen molar-refractivity contribution >= 4 is 16.9 Å². The maximum Gasteiger partial charge on any atom is 0.257 e. The predicted molar refractivity (Wildman–Crippen MR) is 127 cm³/mol. The Morgan fingerprint density at radius 3 is 2.61 bits per heavy atom. The molecule has 0 saturated carbocycles. The lowest BCUT2D eigenvalue weighted by Crippen LogP contribution is -2.39. The molecule has 1 aliphatic heterocycles. The van der Waals surface area contributed by atoms with Crippen LogP contribution >= 0.6 is 0 Å². The standard InChI is InChI=1S/C27H26FN3O2/c1-33-25-17-19(20-6-2-3-7-22(20)28)10-11-21(25)27(32)31-14-12-18(13-15-31)16-26-29-23-8-4-5-9-24(23)30-26/h2-11,17-18H,12-16H2,1H3,(H,29,30). The molecular weight excluding hydrogens is 417 g/mol. The number of halogens is 1. The van der Waals surface area contributed by atoms with E-state index in [1.807, 2.05) is 29.2 Å². The minimum Gasteiger partial charge on any atom is -0.496 e. The van der Waals surface area contributed by atoms with Gasteiger partial charge in [0.1, 0.15) is 17.4 Å². The maximum atomic E-state index is 14.2. The van der Waals surface area contributed by atoms with Crippen molar-refractivity contribution in [2.24, 2.45) is 5.92 Å². The Hall–Kier alpha value is -3.67. The molecule has 5 rings (SSSR count). The fourth-order valence-corrected chi connectivity index (χ4v) is 4.62. The van der Waals surface area contributed by atoms with E-state index in [0.29, 0.717) is 41.4 Å². The number of carbonyl (C=O) groups excluding carboxylic acids is 1. The van der Waals surface area contributed by atoms with Crippen molar-refractivity contribution < 1.29 is 13.9 Å². The molecule has 0 unspecified atom stereocenters. The molecule has 1 amide bonds. The average molecular weight is 444 g/mol. The predicted octanol–water partition coefficient (Wildman–Crippen LogP) is 5.47. The van der Waals surface area contributed by atoms with Gasteiger partial charge in [0.2, 0.25) is 0 Å². The smallest absolute Gasteiger partial charge is 0.257 e. The Balaban J connectivity index is 1.26. The van der Waals surface area contributed by atoms with Crippen LogP contribution in [0, 0.1) is 11.7 Å². The minimum atomic E-state index is -0.301. The van der Waals surface area contributed by atoms with Crippen LogP contribution in [0.1, 0.15) is 29.0 Å². The van der Waals surface area contributed by atoms with Crippen LogP contribution in [0.5, 0.6) is 5.75 Å².